The van der Waals surface area contributed by atoms with Crippen molar-refractivity contribution < 1.29 is 0 Å². The molecule has 1 aromatic heterocycles. The third kappa shape index (κ3) is 5.69. The largest absolute Gasteiger partial charge is 0.354 e. The summed E-state index contributed by atoms with van der Waals surface area (Å²) in [5.74, 6) is 1.86. The van der Waals surface area contributed by atoms with Gasteiger partial charge in [-0.05, 0) is 31.2 Å². The Balaban J connectivity index is 1.48. The Hall–Kier alpha value is -2.60. The lowest BCUT2D eigenvalue weighted by Gasteiger charge is -2.33. The van der Waals surface area contributed by atoms with E-state index in [-0.39, 0.29) is 0 Å². The number of anilines is 1. The summed E-state index contributed by atoms with van der Waals surface area (Å²) < 4.78 is 0. The van der Waals surface area contributed by atoms with Crippen LogP contribution in [0.4, 0.5) is 5.82 Å². The van der Waals surface area contributed by atoms with E-state index >= 15 is 0 Å². The number of aryl methyl sites for hydroxylation is 1. The Bertz CT molecular complexity index is 748. The minimum absolute atomic E-state index is 0.698. The molecule has 2 aromatic rings. The number of aromatic nitrogens is 1. The number of likely N-dealkylation sites (N-methyl/N-ethyl adjacent to an activating group) is 1. The highest BCUT2D eigenvalue weighted by atomic mass is 15.3. The first-order valence-corrected chi connectivity index (χ1v) is 9.52. The van der Waals surface area contributed by atoms with Crippen LogP contribution in [0.3, 0.4) is 0 Å². The van der Waals surface area contributed by atoms with Gasteiger partial charge in [0.15, 0.2) is 5.96 Å². The average Bonchev–Trinajstić information content (AvgIpc) is 2.69. The molecule has 144 valence electrons. The minimum Gasteiger partial charge on any atom is -0.354 e. The summed E-state index contributed by atoms with van der Waals surface area (Å²) in [6.07, 6.45) is 1.95. The molecular weight excluding hydrogens is 336 g/mol. The van der Waals surface area contributed by atoms with Crippen molar-refractivity contribution in [3.05, 3.63) is 59.3 Å². The lowest BCUT2D eigenvalue weighted by atomic mass is 10.1. The van der Waals surface area contributed by atoms with Gasteiger partial charge in [-0.1, -0.05) is 35.9 Å². The van der Waals surface area contributed by atoms with Crippen LogP contribution >= 0.6 is 0 Å². The van der Waals surface area contributed by atoms with Gasteiger partial charge in [-0.2, -0.15) is 0 Å². The second-order valence-electron chi connectivity index (χ2n) is 7.08. The molecule has 1 aromatic carbocycles. The van der Waals surface area contributed by atoms with Crippen LogP contribution in [-0.2, 0) is 13.1 Å². The van der Waals surface area contributed by atoms with Crippen molar-refractivity contribution in [3.63, 3.8) is 0 Å². The van der Waals surface area contributed by atoms with Gasteiger partial charge >= 0.3 is 0 Å². The normalized spacial score (nSPS) is 15.7. The van der Waals surface area contributed by atoms with E-state index in [1.807, 2.05) is 6.20 Å². The van der Waals surface area contributed by atoms with Crippen LogP contribution in [0.15, 0.2) is 47.6 Å². The van der Waals surface area contributed by atoms with Crippen LogP contribution in [0.2, 0.25) is 0 Å². The van der Waals surface area contributed by atoms with Gasteiger partial charge in [0.05, 0.1) is 0 Å². The predicted molar refractivity (Wildman–Crippen MR) is 112 cm³/mol. The SMILES string of the molecule is CN=C(NCc1ccc(N2CCN(C)CC2)nc1)NCc1cccc(C)c1. The molecule has 3 rings (SSSR count). The average molecular weight is 367 g/mol. The highest BCUT2D eigenvalue weighted by molar-refractivity contribution is 5.79. The van der Waals surface area contributed by atoms with Gasteiger partial charge < -0.3 is 20.4 Å². The fraction of sp³-hybridized carbons (Fsp3) is 0.429. The number of hydrogen-bond donors (Lipinski definition) is 2. The molecule has 6 heteroatoms. The van der Waals surface area contributed by atoms with Crippen molar-refractivity contribution in [2.75, 3.05) is 45.2 Å². The Morgan fingerprint density at radius 2 is 1.78 bits per heavy atom. The fourth-order valence-corrected chi connectivity index (χ4v) is 3.16. The molecule has 0 atom stereocenters. The Labute approximate surface area is 162 Å². The summed E-state index contributed by atoms with van der Waals surface area (Å²) in [6.45, 7) is 7.82. The topological polar surface area (TPSA) is 55.8 Å². The van der Waals surface area contributed by atoms with Crippen molar-refractivity contribution in [1.29, 1.82) is 0 Å². The Morgan fingerprint density at radius 1 is 1.04 bits per heavy atom. The van der Waals surface area contributed by atoms with Crippen LogP contribution in [0.1, 0.15) is 16.7 Å². The molecule has 0 unspecified atom stereocenters. The third-order valence-electron chi connectivity index (χ3n) is 4.86. The van der Waals surface area contributed by atoms with Gasteiger partial charge in [0.25, 0.3) is 0 Å². The first kappa shape index (κ1) is 19.2. The van der Waals surface area contributed by atoms with E-state index < -0.39 is 0 Å². The third-order valence-corrected chi connectivity index (χ3v) is 4.86. The number of piperazine rings is 1. The Morgan fingerprint density at radius 3 is 2.41 bits per heavy atom. The molecule has 0 bridgehead atoms. The monoisotopic (exact) mass is 366 g/mol. The van der Waals surface area contributed by atoms with Crippen molar-refractivity contribution in [2.24, 2.45) is 4.99 Å². The van der Waals surface area contributed by atoms with E-state index in [0.717, 1.165) is 50.1 Å². The summed E-state index contributed by atoms with van der Waals surface area (Å²) >= 11 is 0. The maximum Gasteiger partial charge on any atom is 0.191 e. The zero-order valence-corrected chi connectivity index (χ0v) is 16.6. The molecule has 0 amide bonds. The molecule has 2 N–H and O–H groups in total. The van der Waals surface area contributed by atoms with E-state index in [2.05, 4.69) is 80.8 Å². The van der Waals surface area contributed by atoms with Gasteiger partial charge in [-0.3, -0.25) is 4.99 Å². The molecule has 1 fully saturated rings. The van der Waals surface area contributed by atoms with Crippen molar-refractivity contribution in [3.8, 4) is 0 Å². The number of benzene rings is 1. The second kappa shape index (κ2) is 9.37. The number of hydrogen-bond acceptors (Lipinski definition) is 4. The number of guanidine groups is 1. The van der Waals surface area contributed by atoms with Gasteiger partial charge in [-0.15, -0.1) is 0 Å². The zero-order chi connectivity index (χ0) is 19.1. The number of nitrogens with zero attached hydrogens (tertiary/aromatic N) is 4. The maximum absolute atomic E-state index is 4.64. The number of pyridine rings is 1. The lowest BCUT2D eigenvalue weighted by molar-refractivity contribution is 0.312. The van der Waals surface area contributed by atoms with Crippen LogP contribution in [0, 0.1) is 6.92 Å². The van der Waals surface area contributed by atoms with E-state index in [1.54, 1.807) is 7.05 Å². The molecule has 2 heterocycles. The summed E-state index contributed by atoms with van der Waals surface area (Å²) in [7, 11) is 3.96. The number of rotatable bonds is 5. The maximum atomic E-state index is 4.64. The van der Waals surface area contributed by atoms with Crippen molar-refractivity contribution in [2.45, 2.75) is 20.0 Å². The van der Waals surface area contributed by atoms with Crippen LogP contribution in [-0.4, -0.2) is 56.1 Å². The van der Waals surface area contributed by atoms with Gasteiger partial charge in [0.2, 0.25) is 0 Å². The standard InChI is InChI=1S/C21H30N6/c1-17-5-4-6-18(13-17)14-24-21(22-2)25-16-19-7-8-20(23-15-19)27-11-9-26(3)10-12-27/h4-8,13,15H,9-12,14,16H2,1-3H3,(H2,22,24,25). The summed E-state index contributed by atoms with van der Waals surface area (Å²) in [5.41, 5.74) is 3.66. The first-order valence-electron chi connectivity index (χ1n) is 9.52. The Kier molecular flexibility index (Phi) is 6.65. The van der Waals surface area contributed by atoms with E-state index in [9.17, 15) is 0 Å². The van der Waals surface area contributed by atoms with E-state index in [4.69, 9.17) is 0 Å². The molecule has 1 saturated heterocycles. The van der Waals surface area contributed by atoms with E-state index in [0.29, 0.717) is 6.54 Å². The highest BCUT2D eigenvalue weighted by Gasteiger charge is 2.14. The molecular formula is C21H30N6. The van der Waals surface area contributed by atoms with Crippen molar-refractivity contribution in [1.82, 2.24) is 20.5 Å². The molecule has 27 heavy (non-hydrogen) atoms. The highest BCUT2D eigenvalue weighted by Crippen LogP contribution is 2.13. The van der Waals surface area contributed by atoms with Gasteiger partial charge in [0.1, 0.15) is 5.82 Å². The number of nitrogens with one attached hydrogen (secondary N) is 2. The van der Waals surface area contributed by atoms with Crippen LogP contribution in [0.5, 0.6) is 0 Å². The quantitative estimate of drug-likeness (QED) is 0.626. The fourth-order valence-electron chi connectivity index (χ4n) is 3.16. The second-order valence-corrected chi connectivity index (χ2v) is 7.08. The minimum atomic E-state index is 0.698. The smallest absolute Gasteiger partial charge is 0.191 e. The molecule has 6 nitrogen and oxygen atoms in total. The summed E-state index contributed by atoms with van der Waals surface area (Å²) in [5, 5.41) is 6.71. The van der Waals surface area contributed by atoms with Crippen LogP contribution < -0.4 is 15.5 Å². The summed E-state index contributed by atoms with van der Waals surface area (Å²) in [6, 6.07) is 12.7. The summed E-state index contributed by atoms with van der Waals surface area (Å²) in [4.78, 5) is 13.6. The zero-order valence-electron chi connectivity index (χ0n) is 16.6. The van der Waals surface area contributed by atoms with Crippen LogP contribution in [0.25, 0.3) is 0 Å². The molecule has 0 aliphatic carbocycles. The lowest BCUT2D eigenvalue weighted by Crippen LogP contribution is -2.44. The molecule has 1 aliphatic heterocycles. The van der Waals surface area contributed by atoms with Gasteiger partial charge in [-0.25, -0.2) is 4.98 Å². The molecule has 1 aliphatic rings. The predicted octanol–water partition coefficient (Wildman–Crippen LogP) is 2.01. The first-order chi connectivity index (χ1) is 13.1. The molecule has 0 saturated carbocycles. The van der Waals surface area contributed by atoms with Gasteiger partial charge in [0, 0.05) is 52.5 Å². The molecule has 0 radical (unpaired) electrons. The molecule has 0 spiro atoms. The van der Waals surface area contributed by atoms with E-state index in [1.165, 1.54) is 11.1 Å². The number of aliphatic imine (C=N–C) groups is 1. The van der Waals surface area contributed by atoms with Crippen molar-refractivity contribution >= 4 is 11.8 Å².